The van der Waals surface area contributed by atoms with E-state index >= 15 is 0 Å². The van der Waals surface area contributed by atoms with Crippen molar-refractivity contribution in [2.45, 2.75) is 38.8 Å². The minimum atomic E-state index is -0.135. The minimum absolute atomic E-state index is 0.0215. The third-order valence-corrected chi connectivity index (χ3v) is 5.04. The maximum atomic E-state index is 12.6. The van der Waals surface area contributed by atoms with Crippen molar-refractivity contribution in [3.8, 4) is 0 Å². The quantitative estimate of drug-likeness (QED) is 0.701. The largest absolute Gasteiger partial charge is 0.472 e. The summed E-state index contributed by atoms with van der Waals surface area (Å²) in [4.78, 5) is 26.9. The van der Waals surface area contributed by atoms with E-state index in [1.165, 1.54) is 12.5 Å². The lowest BCUT2D eigenvalue weighted by atomic mass is 10.0. The van der Waals surface area contributed by atoms with Crippen LogP contribution in [0, 0.1) is 12.8 Å². The van der Waals surface area contributed by atoms with Gasteiger partial charge in [-0.25, -0.2) is 0 Å². The molecular weight excluding hydrogens is 358 g/mol. The molecule has 1 saturated heterocycles. The smallest absolute Gasteiger partial charge is 0.254 e. The first-order valence-electron chi connectivity index (χ1n) is 9.79. The van der Waals surface area contributed by atoms with Crippen molar-refractivity contribution in [2.24, 2.45) is 5.92 Å². The van der Waals surface area contributed by atoms with Gasteiger partial charge in [0.2, 0.25) is 5.91 Å². The van der Waals surface area contributed by atoms with Crippen LogP contribution in [0.1, 0.15) is 35.2 Å². The number of likely N-dealkylation sites (N-methyl/N-ethyl adjacent to an activating group) is 1. The van der Waals surface area contributed by atoms with Crippen LogP contribution in [0.3, 0.4) is 0 Å². The second-order valence-corrected chi connectivity index (χ2v) is 7.60. The van der Waals surface area contributed by atoms with Gasteiger partial charge in [-0.2, -0.15) is 5.10 Å². The van der Waals surface area contributed by atoms with E-state index in [0.717, 1.165) is 37.9 Å². The van der Waals surface area contributed by atoms with E-state index in [1.54, 1.807) is 6.07 Å². The fourth-order valence-electron chi connectivity index (χ4n) is 3.59. The fraction of sp³-hybridized carbons (Fsp3) is 0.550. The summed E-state index contributed by atoms with van der Waals surface area (Å²) in [5, 5.41) is 10.3. The summed E-state index contributed by atoms with van der Waals surface area (Å²) in [5.41, 5.74) is 1.66. The molecule has 2 amide bonds. The molecule has 0 radical (unpaired) electrons. The number of likely N-dealkylation sites (tertiary alicyclic amines) is 1. The second-order valence-electron chi connectivity index (χ2n) is 7.60. The van der Waals surface area contributed by atoms with Crippen LogP contribution in [0.25, 0.3) is 0 Å². The molecule has 0 bridgehead atoms. The fourth-order valence-corrected chi connectivity index (χ4v) is 3.59. The molecule has 0 spiro atoms. The molecule has 8 nitrogen and oxygen atoms in total. The Bertz CT molecular complexity index is 771. The average Bonchev–Trinajstić information content (AvgIpc) is 3.30. The molecule has 1 fully saturated rings. The Hall–Kier alpha value is -2.61. The Labute approximate surface area is 165 Å². The molecule has 2 N–H and O–H groups in total. The zero-order valence-corrected chi connectivity index (χ0v) is 16.6. The number of hydrogen-bond acceptors (Lipinski definition) is 5. The molecule has 8 heteroatoms. The van der Waals surface area contributed by atoms with Gasteiger partial charge in [0.15, 0.2) is 0 Å². The van der Waals surface area contributed by atoms with Gasteiger partial charge in [0.05, 0.1) is 23.9 Å². The lowest BCUT2D eigenvalue weighted by Gasteiger charge is -2.21. The topological polar surface area (TPSA) is 92.4 Å². The first-order valence-corrected chi connectivity index (χ1v) is 9.79. The summed E-state index contributed by atoms with van der Waals surface area (Å²) in [6.07, 6.45) is 9.14. The number of nitrogens with one attached hydrogen (secondary N) is 2. The van der Waals surface area contributed by atoms with Crippen molar-refractivity contribution < 1.29 is 14.0 Å². The Morgan fingerprint density at radius 3 is 2.89 bits per heavy atom. The average molecular weight is 387 g/mol. The molecule has 0 aromatic carbocycles. The van der Waals surface area contributed by atoms with Gasteiger partial charge in [-0.1, -0.05) is 0 Å². The van der Waals surface area contributed by atoms with Gasteiger partial charge in [0, 0.05) is 38.4 Å². The van der Waals surface area contributed by atoms with Crippen molar-refractivity contribution in [3.63, 3.8) is 0 Å². The molecule has 0 saturated carbocycles. The number of carbonyl (C=O) groups excluding carboxylic acids is 2. The second kappa shape index (κ2) is 9.54. The summed E-state index contributed by atoms with van der Waals surface area (Å²) >= 11 is 0. The maximum absolute atomic E-state index is 12.6. The summed E-state index contributed by atoms with van der Waals surface area (Å²) in [6.45, 7) is 4.87. The molecule has 2 aromatic rings. The van der Waals surface area contributed by atoms with Crippen molar-refractivity contribution >= 4 is 11.8 Å². The number of aromatic nitrogens is 2. The Kier molecular flexibility index (Phi) is 6.86. The summed E-state index contributed by atoms with van der Waals surface area (Å²) in [5.74, 6) is -0.109. The molecule has 152 valence electrons. The van der Waals surface area contributed by atoms with Crippen molar-refractivity contribution in [1.29, 1.82) is 0 Å². The third-order valence-electron chi connectivity index (χ3n) is 5.04. The van der Waals surface area contributed by atoms with E-state index in [9.17, 15) is 9.59 Å². The zero-order chi connectivity index (χ0) is 19.9. The molecule has 2 atom stereocenters. The highest BCUT2D eigenvalue weighted by Gasteiger charge is 2.27. The first kappa shape index (κ1) is 20.1. The predicted octanol–water partition coefficient (Wildman–Crippen LogP) is 1.43. The van der Waals surface area contributed by atoms with E-state index < -0.39 is 0 Å². The van der Waals surface area contributed by atoms with Crippen LogP contribution in [-0.2, 0) is 11.3 Å². The summed E-state index contributed by atoms with van der Waals surface area (Å²) in [7, 11) is 1.99. The highest BCUT2D eigenvalue weighted by molar-refractivity contribution is 5.94. The number of nitrogens with zero attached hydrogens (tertiary/aromatic N) is 3. The maximum Gasteiger partial charge on any atom is 0.254 e. The van der Waals surface area contributed by atoms with Gasteiger partial charge in [0.1, 0.15) is 6.26 Å². The predicted molar refractivity (Wildman–Crippen MR) is 105 cm³/mol. The molecular formula is C20H29N5O3. The standard InChI is InChI=1S/C20H29N5O3/c1-15-10-22-25(11-15)8-3-7-21-19(26)16-4-5-18(13-24(2)12-16)23-20(27)17-6-9-28-14-17/h6,9-11,14,16,18H,3-5,7-8,12-13H2,1-2H3,(H,21,26)(H,23,27)/t16-,18+/m1/s1. The van der Waals surface area contributed by atoms with Crippen LogP contribution in [0.15, 0.2) is 35.4 Å². The number of hydrogen-bond donors (Lipinski definition) is 2. The lowest BCUT2D eigenvalue weighted by molar-refractivity contribution is -0.125. The summed E-state index contributed by atoms with van der Waals surface area (Å²) in [6, 6.07) is 1.67. The number of rotatable bonds is 7. The van der Waals surface area contributed by atoms with Gasteiger partial charge in [-0.05, 0) is 44.9 Å². The lowest BCUT2D eigenvalue weighted by Crippen LogP contribution is -2.42. The number of carbonyl (C=O) groups is 2. The Morgan fingerprint density at radius 1 is 1.32 bits per heavy atom. The Balaban J connectivity index is 1.41. The van der Waals surface area contributed by atoms with E-state index in [4.69, 9.17) is 4.42 Å². The summed E-state index contributed by atoms with van der Waals surface area (Å²) < 4.78 is 6.86. The van der Waals surface area contributed by atoms with Gasteiger partial charge in [0.25, 0.3) is 5.91 Å². The van der Waals surface area contributed by atoms with Gasteiger partial charge in [-0.15, -0.1) is 0 Å². The highest BCUT2D eigenvalue weighted by Crippen LogP contribution is 2.17. The zero-order valence-electron chi connectivity index (χ0n) is 16.6. The third kappa shape index (κ3) is 5.69. The molecule has 28 heavy (non-hydrogen) atoms. The van der Waals surface area contributed by atoms with Crippen LogP contribution >= 0.6 is 0 Å². The Morgan fingerprint density at radius 2 is 2.18 bits per heavy atom. The SMILES string of the molecule is Cc1cnn(CCCNC(=O)[C@@H]2CC[C@H](NC(=O)c3ccoc3)CN(C)C2)c1. The van der Waals surface area contributed by atoms with Gasteiger partial charge < -0.3 is 20.0 Å². The normalized spacial score (nSPS) is 20.5. The number of aryl methyl sites for hydroxylation is 2. The molecule has 1 aliphatic rings. The van der Waals surface area contributed by atoms with Crippen LogP contribution in [0.2, 0.25) is 0 Å². The molecule has 0 unspecified atom stereocenters. The van der Waals surface area contributed by atoms with E-state index in [0.29, 0.717) is 18.7 Å². The van der Waals surface area contributed by atoms with E-state index in [2.05, 4.69) is 20.6 Å². The van der Waals surface area contributed by atoms with E-state index in [-0.39, 0.29) is 23.8 Å². The van der Waals surface area contributed by atoms with Crippen molar-refractivity contribution in [2.75, 3.05) is 26.7 Å². The van der Waals surface area contributed by atoms with Gasteiger partial charge >= 0.3 is 0 Å². The first-order chi connectivity index (χ1) is 13.5. The monoisotopic (exact) mass is 387 g/mol. The minimum Gasteiger partial charge on any atom is -0.472 e. The molecule has 3 heterocycles. The number of amides is 2. The van der Waals surface area contributed by atoms with Crippen LogP contribution < -0.4 is 10.6 Å². The van der Waals surface area contributed by atoms with Crippen LogP contribution in [-0.4, -0.2) is 59.2 Å². The van der Waals surface area contributed by atoms with E-state index in [1.807, 2.05) is 31.0 Å². The number of furan rings is 1. The highest BCUT2D eigenvalue weighted by atomic mass is 16.3. The molecule has 2 aromatic heterocycles. The molecule has 3 rings (SSSR count). The van der Waals surface area contributed by atoms with Crippen LogP contribution in [0.5, 0.6) is 0 Å². The van der Waals surface area contributed by atoms with Crippen molar-refractivity contribution in [3.05, 3.63) is 42.1 Å². The molecule has 0 aliphatic carbocycles. The van der Waals surface area contributed by atoms with Crippen LogP contribution in [0.4, 0.5) is 0 Å². The van der Waals surface area contributed by atoms with Gasteiger partial charge in [-0.3, -0.25) is 14.3 Å². The van der Waals surface area contributed by atoms with Crippen molar-refractivity contribution in [1.82, 2.24) is 25.3 Å². The molecule has 1 aliphatic heterocycles.